The van der Waals surface area contributed by atoms with Crippen LogP contribution in [0.4, 0.5) is 5.69 Å². The molecule has 1 aromatic carbocycles. The number of ether oxygens (including phenoxy) is 2. The van der Waals surface area contributed by atoms with E-state index in [4.69, 9.17) is 15.3 Å². The summed E-state index contributed by atoms with van der Waals surface area (Å²) in [4.78, 5) is 24.9. The molecule has 1 unspecified atom stereocenters. The molecule has 7 nitrogen and oxygen atoms in total. The Labute approximate surface area is 123 Å². The zero-order chi connectivity index (χ0) is 15.2. The molecular formula is C14H19N3O4. The van der Waals surface area contributed by atoms with Crippen LogP contribution in [-0.2, 0) is 14.3 Å². The molecule has 0 aliphatic carbocycles. The van der Waals surface area contributed by atoms with E-state index in [1.54, 1.807) is 29.2 Å². The molecule has 1 heterocycles. The first-order valence-corrected chi connectivity index (χ1v) is 6.72. The number of hydrogen-bond donors (Lipinski definition) is 2. The SMILES string of the molecule is COCC(Oc1ccc(N2CCCC2=O)cc1)C(=O)NN. The quantitative estimate of drug-likeness (QED) is 0.444. The van der Waals surface area contributed by atoms with E-state index in [1.165, 1.54) is 7.11 Å². The van der Waals surface area contributed by atoms with Crippen molar-refractivity contribution in [1.82, 2.24) is 5.43 Å². The fourth-order valence-electron chi connectivity index (χ4n) is 2.20. The lowest BCUT2D eigenvalue weighted by molar-refractivity contribution is -0.130. The van der Waals surface area contributed by atoms with Crippen LogP contribution in [0.2, 0.25) is 0 Å². The van der Waals surface area contributed by atoms with E-state index < -0.39 is 12.0 Å². The molecule has 114 valence electrons. The van der Waals surface area contributed by atoms with Crippen LogP contribution in [0.5, 0.6) is 5.75 Å². The van der Waals surface area contributed by atoms with E-state index >= 15 is 0 Å². The summed E-state index contributed by atoms with van der Waals surface area (Å²) in [6.07, 6.45) is 0.647. The molecule has 21 heavy (non-hydrogen) atoms. The number of hydrogen-bond acceptors (Lipinski definition) is 5. The molecule has 0 bridgehead atoms. The summed E-state index contributed by atoms with van der Waals surface area (Å²) in [5, 5.41) is 0. The summed E-state index contributed by atoms with van der Waals surface area (Å²) < 4.78 is 10.5. The average molecular weight is 293 g/mol. The van der Waals surface area contributed by atoms with Gasteiger partial charge in [0.2, 0.25) is 12.0 Å². The van der Waals surface area contributed by atoms with Crippen LogP contribution in [0.3, 0.4) is 0 Å². The Bertz CT molecular complexity index is 503. The van der Waals surface area contributed by atoms with Gasteiger partial charge in [-0.25, -0.2) is 5.84 Å². The standard InChI is InChI=1S/C14H19N3O4/c1-20-9-12(14(19)16-15)21-11-6-4-10(5-7-11)17-8-2-3-13(17)18/h4-7,12H,2-3,8-9,15H2,1H3,(H,16,19). The molecular weight excluding hydrogens is 274 g/mol. The van der Waals surface area contributed by atoms with Crippen molar-refractivity contribution in [2.75, 3.05) is 25.2 Å². The second kappa shape index (κ2) is 7.05. The van der Waals surface area contributed by atoms with Gasteiger partial charge < -0.3 is 14.4 Å². The maximum Gasteiger partial charge on any atom is 0.277 e. The first kappa shape index (κ1) is 15.3. The minimum atomic E-state index is -0.820. The number of nitrogens with one attached hydrogen (secondary N) is 1. The summed E-state index contributed by atoms with van der Waals surface area (Å²) >= 11 is 0. The number of rotatable bonds is 6. The van der Waals surface area contributed by atoms with E-state index in [2.05, 4.69) is 0 Å². The van der Waals surface area contributed by atoms with Gasteiger partial charge in [0.25, 0.3) is 5.91 Å². The number of hydrazine groups is 1. The van der Waals surface area contributed by atoms with Crippen molar-refractivity contribution in [1.29, 1.82) is 0 Å². The number of nitrogens with two attached hydrogens (primary N) is 1. The number of methoxy groups -OCH3 is 1. The van der Waals surface area contributed by atoms with E-state index in [0.717, 1.165) is 18.7 Å². The van der Waals surface area contributed by atoms with Gasteiger partial charge in [-0.15, -0.1) is 0 Å². The molecule has 0 saturated carbocycles. The minimum Gasteiger partial charge on any atom is -0.478 e. The molecule has 3 N–H and O–H groups in total. The lowest BCUT2D eigenvalue weighted by Gasteiger charge is -2.18. The van der Waals surface area contributed by atoms with E-state index in [9.17, 15) is 9.59 Å². The van der Waals surface area contributed by atoms with Crippen LogP contribution in [0, 0.1) is 0 Å². The molecule has 1 fully saturated rings. The molecule has 1 aromatic rings. The number of anilines is 1. The van der Waals surface area contributed by atoms with Crippen LogP contribution < -0.4 is 20.9 Å². The van der Waals surface area contributed by atoms with E-state index in [1.807, 2.05) is 5.43 Å². The monoisotopic (exact) mass is 293 g/mol. The zero-order valence-electron chi connectivity index (χ0n) is 11.9. The molecule has 7 heteroatoms. The smallest absolute Gasteiger partial charge is 0.277 e. The van der Waals surface area contributed by atoms with Gasteiger partial charge in [0.15, 0.2) is 0 Å². The number of benzene rings is 1. The van der Waals surface area contributed by atoms with E-state index in [-0.39, 0.29) is 12.5 Å². The van der Waals surface area contributed by atoms with Crippen molar-refractivity contribution in [3.05, 3.63) is 24.3 Å². The van der Waals surface area contributed by atoms with Gasteiger partial charge in [0.05, 0.1) is 6.61 Å². The molecule has 1 saturated heterocycles. The summed E-state index contributed by atoms with van der Waals surface area (Å²) in [7, 11) is 1.47. The average Bonchev–Trinajstić information content (AvgIpc) is 2.93. The van der Waals surface area contributed by atoms with Gasteiger partial charge in [-0.1, -0.05) is 0 Å². The highest BCUT2D eigenvalue weighted by molar-refractivity contribution is 5.95. The van der Waals surface area contributed by atoms with Crippen molar-refractivity contribution in [3.63, 3.8) is 0 Å². The Morgan fingerprint density at radius 1 is 1.43 bits per heavy atom. The van der Waals surface area contributed by atoms with Gasteiger partial charge in [-0.2, -0.15) is 0 Å². The Balaban J connectivity index is 2.04. The molecule has 0 radical (unpaired) electrons. The van der Waals surface area contributed by atoms with Crippen molar-refractivity contribution in [2.24, 2.45) is 5.84 Å². The van der Waals surface area contributed by atoms with Crippen LogP contribution in [0.25, 0.3) is 0 Å². The second-order valence-electron chi connectivity index (χ2n) is 4.71. The van der Waals surface area contributed by atoms with Crippen LogP contribution in [0.15, 0.2) is 24.3 Å². The van der Waals surface area contributed by atoms with Crippen molar-refractivity contribution >= 4 is 17.5 Å². The first-order valence-electron chi connectivity index (χ1n) is 6.72. The number of carbonyl (C=O) groups is 2. The highest BCUT2D eigenvalue weighted by atomic mass is 16.5. The number of carbonyl (C=O) groups excluding carboxylic acids is 2. The molecule has 2 amide bonds. The van der Waals surface area contributed by atoms with Gasteiger partial charge in [0.1, 0.15) is 5.75 Å². The third-order valence-corrected chi connectivity index (χ3v) is 3.25. The van der Waals surface area contributed by atoms with Gasteiger partial charge in [-0.05, 0) is 30.7 Å². The fourth-order valence-corrected chi connectivity index (χ4v) is 2.20. The van der Waals surface area contributed by atoms with Gasteiger partial charge in [0, 0.05) is 25.8 Å². The Hall–Kier alpha value is -2.12. The summed E-state index contributed by atoms with van der Waals surface area (Å²) in [6, 6.07) is 7.02. The summed E-state index contributed by atoms with van der Waals surface area (Å²) in [5.41, 5.74) is 2.87. The number of amides is 2. The molecule has 1 aliphatic heterocycles. The van der Waals surface area contributed by atoms with Crippen molar-refractivity contribution < 1.29 is 19.1 Å². The highest BCUT2D eigenvalue weighted by Crippen LogP contribution is 2.24. The summed E-state index contributed by atoms with van der Waals surface area (Å²) in [5.74, 6) is 5.28. The number of nitrogens with zero attached hydrogens (tertiary/aromatic N) is 1. The zero-order valence-corrected chi connectivity index (χ0v) is 11.9. The lowest BCUT2D eigenvalue weighted by atomic mass is 10.2. The predicted octanol–water partition coefficient (Wildman–Crippen LogP) is 0.197. The maximum absolute atomic E-state index is 11.7. The van der Waals surface area contributed by atoms with Crippen LogP contribution in [-0.4, -0.2) is 38.2 Å². The normalized spacial score (nSPS) is 15.9. The Morgan fingerprint density at radius 3 is 2.67 bits per heavy atom. The van der Waals surface area contributed by atoms with E-state index in [0.29, 0.717) is 12.2 Å². The molecule has 0 aromatic heterocycles. The van der Waals surface area contributed by atoms with Gasteiger partial charge in [-0.3, -0.25) is 15.0 Å². The fraction of sp³-hybridized carbons (Fsp3) is 0.429. The minimum absolute atomic E-state index is 0.0927. The largest absolute Gasteiger partial charge is 0.478 e. The maximum atomic E-state index is 11.7. The third kappa shape index (κ3) is 3.71. The topological polar surface area (TPSA) is 93.9 Å². The molecule has 0 spiro atoms. The summed E-state index contributed by atoms with van der Waals surface area (Å²) in [6.45, 7) is 0.830. The Kier molecular flexibility index (Phi) is 5.13. The third-order valence-electron chi connectivity index (χ3n) is 3.25. The molecule has 2 rings (SSSR count). The lowest BCUT2D eigenvalue weighted by Crippen LogP contribution is -2.44. The molecule has 1 atom stereocenters. The van der Waals surface area contributed by atoms with Crippen molar-refractivity contribution in [2.45, 2.75) is 18.9 Å². The van der Waals surface area contributed by atoms with Crippen LogP contribution in [0.1, 0.15) is 12.8 Å². The van der Waals surface area contributed by atoms with Crippen molar-refractivity contribution in [3.8, 4) is 5.75 Å². The first-order chi connectivity index (χ1) is 10.2. The van der Waals surface area contributed by atoms with Crippen LogP contribution >= 0.6 is 0 Å². The highest BCUT2D eigenvalue weighted by Gasteiger charge is 2.22. The molecule has 1 aliphatic rings. The van der Waals surface area contributed by atoms with Gasteiger partial charge >= 0.3 is 0 Å². The Morgan fingerprint density at radius 2 is 2.14 bits per heavy atom. The second-order valence-corrected chi connectivity index (χ2v) is 4.71. The predicted molar refractivity (Wildman–Crippen MR) is 76.7 cm³/mol.